The summed E-state index contributed by atoms with van der Waals surface area (Å²) < 4.78 is 7.90. The highest BCUT2D eigenvalue weighted by atomic mass is 79.9. The van der Waals surface area contributed by atoms with Gasteiger partial charge in [-0.2, -0.15) is 0 Å². The molecule has 0 aliphatic rings. The number of nitrogens with zero attached hydrogens (tertiary/aromatic N) is 2. The number of rotatable bonds is 2. The smallest absolute Gasteiger partial charge is 0.365 e. The van der Waals surface area contributed by atoms with E-state index < -0.39 is 11.2 Å². The lowest BCUT2D eigenvalue weighted by Gasteiger charge is -2.09. The zero-order valence-electron chi connectivity index (χ0n) is 12.3. The monoisotopic (exact) mass is 386 g/mol. The lowest BCUT2D eigenvalue weighted by molar-refractivity contribution is 0.156. The van der Waals surface area contributed by atoms with Crippen LogP contribution in [0.2, 0.25) is 0 Å². The molecule has 0 fully saturated rings. The molecule has 0 aliphatic heterocycles. The van der Waals surface area contributed by atoms with Gasteiger partial charge in [-0.15, -0.1) is 0 Å². The zero-order valence-corrected chi connectivity index (χ0v) is 13.9. The number of fused-ring (bicyclic) bond motifs is 3. The van der Waals surface area contributed by atoms with E-state index in [4.69, 9.17) is 4.42 Å². The molecule has 0 atom stereocenters. The first-order chi connectivity index (χ1) is 11.6. The van der Waals surface area contributed by atoms with Gasteiger partial charge in [0.1, 0.15) is 11.1 Å². The van der Waals surface area contributed by atoms with E-state index in [0.29, 0.717) is 16.5 Å². The summed E-state index contributed by atoms with van der Waals surface area (Å²) >= 11 is 3.36. The Morgan fingerprint density at radius 2 is 1.75 bits per heavy atom. The van der Waals surface area contributed by atoms with Gasteiger partial charge in [-0.25, -0.2) is 4.79 Å². The fourth-order valence-corrected chi connectivity index (χ4v) is 3.02. The minimum Gasteiger partial charge on any atom is -0.448 e. The van der Waals surface area contributed by atoms with E-state index in [1.807, 2.05) is 24.3 Å². The lowest BCUT2D eigenvalue weighted by atomic mass is 10.2. The van der Waals surface area contributed by atoms with Crippen molar-refractivity contribution in [2.24, 2.45) is 0 Å². The molecule has 6 nitrogen and oxygen atoms in total. The van der Waals surface area contributed by atoms with Gasteiger partial charge >= 0.3 is 11.2 Å². The molecule has 0 amide bonds. The SMILES string of the molecule is O=c1c2oc3ccccc3c2n(Cc2ccc(Br)cc2)c(=O)n1O. The van der Waals surface area contributed by atoms with Crippen molar-refractivity contribution < 1.29 is 9.62 Å². The molecule has 24 heavy (non-hydrogen) atoms. The van der Waals surface area contributed by atoms with Gasteiger partial charge in [0.15, 0.2) is 0 Å². The average molecular weight is 387 g/mol. The number of benzene rings is 2. The highest BCUT2D eigenvalue weighted by Gasteiger charge is 2.19. The van der Waals surface area contributed by atoms with Gasteiger partial charge < -0.3 is 9.62 Å². The maximum absolute atomic E-state index is 12.4. The van der Waals surface area contributed by atoms with Crippen molar-refractivity contribution in [3.63, 3.8) is 0 Å². The second kappa shape index (κ2) is 5.38. The normalized spacial score (nSPS) is 11.4. The van der Waals surface area contributed by atoms with E-state index in [2.05, 4.69) is 15.9 Å². The van der Waals surface area contributed by atoms with Crippen LogP contribution in [-0.2, 0) is 6.54 Å². The number of aromatic nitrogens is 2. The Kier molecular flexibility index (Phi) is 3.31. The fraction of sp³-hybridized carbons (Fsp3) is 0.0588. The van der Waals surface area contributed by atoms with Crippen molar-refractivity contribution in [2.45, 2.75) is 6.54 Å². The van der Waals surface area contributed by atoms with Crippen LogP contribution in [0.25, 0.3) is 22.1 Å². The number of para-hydroxylation sites is 1. The first-order valence-electron chi connectivity index (χ1n) is 7.17. The maximum atomic E-state index is 12.4. The van der Waals surface area contributed by atoms with Gasteiger partial charge in [-0.3, -0.25) is 9.36 Å². The number of hydrogen-bond acceptors (Lipinski definition) is 4. The van der Waals surface area contributed by atoms with E-state index >= 15 is 0 Å². The highest BCUT2D eigenvalue weighted by molar-refractivity contribution is 9.10. The Labute approximate surface area is 143 Å². The first-order valence-corrected chi connectivity index (χ1v) is 7.96. The lowest BCUT2D eigenvalue weighted by Crippen LogP contribution is -2.38. The van der Waals surface area contributed by atoms with Crippen molar-refractivity contribution in [1.29, 1.82) is 0 Å². The van der Waals surface area contributed by atoms with Gasteiger partial charge in [0.2, 0.25) is 5.58 Å². The van der Waals surface area contributed by atoms with Crippen molar-refractivity contribution in [3.8, 4) is 0 Å². The van der Waals surface area contributed by atoms with Crippen molar-refractivity contribution in [1.82, 2.24) is 9.30 Å². The molecule has 4 rings (SSSR count). The third-order valence-corrected chi connectivity index (χ3v) is 4.42. The first kappa shape index (κ1) is 14.8. The molecule has 4 aromatic rings. The van der Waals surface area contributed by atoms with Crippen molar-refractivity contribution in [2.75, 3.05) is 0 Å². The minimum absolute atomic E-state index is 0.0459. The van der Waals surface area contributed by atoms with Crippen LogP contribution in [0.3, 0.4) is 0 Å². The number of halogens is 1. The molecule has 7 heteroatoms. The molecule has 2 aromatic heterocycles. The van der Waals surface area contributed by atoms with Gasteiger partial charge in [0.05, 0.1) is 6.54 Å². The summed E-state index contributed by atoms with van der Waals surface area (Å²) in [6.07, 6.45) is 0. The summed E-state index contributed by atoms with van der Waals surface area (Å²) in [5.41, 5.74) is 0.00902. The van der Waals surface area contributed by atoms with Crippen LogP contribution in [0.1, 0.15) is 5.56 Å². The molecular weight excluding hydrogens is 376 g/mol. The fourth-order valence-electron chi connectivity index (χ4n) is 2.76. The van der Waals surface area contributed by atoms with Gasteiger partial charge in [0, 0.05) is 9.86 Å². The summed E-state index contributed by atoms with van der Waals surface area (Å²) in [5, 5.41) is 10.5. The Morgan fingerprint density at radius 1 is 1.04 bits per heavy atom. The molecule has 1 N–H and O–H groups in total. The largest absolute Gasteiger partial charge is 0.448 e. The number of hydrogen-bond donors (Lipinski definition) is 1. The summed E-state index contributed by atoms with van der Waals surface area (Å²) in [6, 6.07) is 14.5. The van der Waals surface area contributed by atoms with E-state index in [-0.39, 0.29) is 16.9 Å². The second-order valence-electron chi connectivity index (χ2n) is 5.39. The molecule has 0 saturated heterocycles. The Hall–Kier alpha value is -2.80. The van der Waals surface area contributed by atoms with Crippen LogP contribution in [0.4, 0.5) is 0 Å². The van der Waals surface area contributed by atoms with Gasteiger partial charge in [-0.1, -0.05) is 44.9 Å². The molecule has 2 heterocycles. The molecule has 2 aromatic carbocycles. The Balaban J connectivity index is 2.08. The molecule has 0 saturated carbocycles. The van der Waals surface area contributed by atoms with Gasteiger partial charge in [-0.05, 0) is 29.8 Å². The van der Waals surface area contributed by atoms with E-state index in [0.717, 1.165) is 10.0 Å². The third-order valence-electron chi connectivity index (χ3n) is 3.89. The molecule has 0 radical (unpaired) electrons. The number of furan rings is 1. The summed E-state index contributed by atoms with van der Waals surface area (Å²) in [5.74, 6) is 0. The Morgan fingerprint density at radius 3 is 2.50 bits per heavy atom. The molecule has 0 spiro atoms. The van der Waals surface area contributed by atoms with E-state index in [1.54, 1.807) is 24.3 Å². The average Bonchev–Trinajstić information content (AvgIpc) is 2.98. The Bertz CT molecular complexity index is 1190. The molecule has 120 valence electrons. The third kappa shape index (κ3) is 2.16. The topological polar surface area (TPSA) is 77.4 Å². The molecule has 0 aliphatic carbocycles. The van der Waals surface area contributed by atoms with E-state index in [1.165, 1.54) is 4.57 Å². The van der Waals surface area contributed by atoms with Crippen LogP contribution in [0.15, 0.2) is 67.0 Å². The quantitative estimate of drug-likeness (QED) is 0.537. The predicted molar refractivity (Wildman–Crippen MR) is 92.7 cm³/mol. The van der Waals surface area contributed by atoms with Crippen LogP contribution in [0.5, 0.6) is 0 Å². The summed E-state index contributed by atoms with van der Waals surface area (Å²) in [4.78, 5) is 24.6. The van der Waals surface area contributed by atoms with Crippen molar-refractivity contribution >= 4 is 38.0 Å². The van der Waals surface area contributed by atoms with Crippen LogP contribution in [-0.4, -0.2) is 14.5 Å². The predicted octanol–water partition coefficient (Wildman–Crippen LogP) is 2.96. The highest BCUT2D eigenvalue weighted by Crippen LogP contribution is 2.25. The van der Waals surface area contributed by atoms with Crippen LogP contribution >= 0.6 is 15.9 Å². The molecular formula is C17H11BrN2O4. The summed E-state index contributed by atoms with van der Waals surface area (Å²) in [7, 11) is 0. The van der Waals surface area contributed by atoms with E-state index in [9.17, 15) is 14.8 Å². The zero-order chi connectivity index (χ0) is 16.8. The standard InChI is InChI=1S/C17H11BrN2O4/c18-11-7-5-10(6-8-11)9-19-14-12-3-1-2-4-13(12)24-15(14)16(21)20(23)17(19)22/h1-8,23H,9H2. The molecule has 0 unspecified atom stereocenters. The summed E-state index contributed by atoms with van der Waals surface area (Å²) in [6.45, 7) is 0.201. The van der Waals surface area contributed by atoms with Gasteiger partial charge in [0.25, 0.3) is 0 Å². The molecule has 0 bridgehead atoms. The minimum atomic E-state index is -0.863. The van der Waals surface area contributed by atoms with Crippen LogP contribution < -0.4 is 11.2 Å². The second-order valence-corrected chi connectivity index (χ2v) is 6.30. The maximum Gasteiger partial charge on any atom is 0.365 e. The van der Waals surface area contributed by atoms with Crippen LogP contribution in [0, 0.1) is 0 Å². The van der Waals surface area contributed by atoms with Crippen molar-refractivity contribution in [3.05, 3.63) is 79.4 Å².